The molecule has 0 aliphatic heterocycles. The first kappa shape index (κ1) is 12.9. The summed E-state index contributed by atoms with van der Waals surface area (Å²) >= 11 is 5.87. The Labute approximate surface area is 116 Å². The molecule has 0 radical (unpaired) electrons. The highest BCUT2D eigenvalue weighted by atomic mass is 35.5. The molecule has 0 spiro atoms. The molecular weight excluding hydrogens is 291 g/mol. The molecule has 3 nitrogen and oxygen atoms in total. The topological polar surface area (TPSA) is 41.6 Å². The third-order valence-electron chi connectivity index (χ3n) is 2.77. The summed E-state index contributed by atoms with van der Waals surface area (Å²) in [6.45, 7) is 0. The Hall–Kier alpha value is -2.08. The number of nitrogens with one attached hydrogen (secondary N) is 1. The number of pyridine rings is 1. The van der Waals surface area contributed by atoms with Crippen molar-refractivity contribution in [2.75, 3.05) is 0 Å². The van der Waals surface area contributed by atoms with Crippen molar-refractivity contribution in [3.63, 3.8) is 0 Å². The zero-order valence-corrected chi connectivity index (χ0v) is 10.6. The summed E-state index contributed by atoms with van der Waals surface area (Å²) in [7, 11) is 0. The van der Waals surface area contributed by atoms with E-state index < -0.39 is 11.7 Å². The van der Waals surface area contributed by atoms with Crippen LogP contribution in [0.4, 0.5) is 13.2 Å². The van der Waals surface area contributed by atoms with E-state index in [1.54, 1.807) is 24.4 Å². The third-order valence-corrected chi connectivity index (χ3v) is 3.06. The highest BCUT2D eigenvalue weighted by Crippen LogP contribution is 2.35. The van der Waals surface area contributed by atoms with Crippen molar-refractivity contribution in [3.05, 3.63) is 47.1 Å². The average Bonchev–Trinajstić information content (AvgIpc) is 2.83. The fourth-order valence-corrected chi connectivity index (χ4v) is 2.12. The van der Waals surface area contributed by atoms with Crippen molar-refractivity contribution in [1.82, 2.24) is 15.0 Å². The van der Waals surface area contributed by atoms with Gasteiger partial charge in [-0.3, -0.25) is 4.98 Å². The molecule has 0 aliphatic carbocycles. The molecule has 3 aromatic rings. The zero-order valence-electron chi connectivity index (χ0n) is 9.87. The van der Waals surface area contributed by atoms with Crippen LogP contribution >= 0.6 is 11.6 Å². The average molecular weight is 298 g/mol. The van der Waals surface area contributed by atoms with E-state index in [9.17, 15) is 13.2 Å². The fraction of sp³-hybridized carbons (Fsp3) is 0.0769. The van der Waals surface area contributed by atoms with Gasteiger partial charge in [0.1, 0.15) is 11.2 Å². The number of benzene rings is 1. The molecule has 2 aromatic heterocycles. The van der Waals surface area contributed by atoms with Gasteiger partial charge < -0.3 is 4.98 Å². The minimum absolute atomic E-state index is 0.0479. The van der Waals surface area contributed by atoms with Crippen LogP contribution in [0.2, 0.25) is 5.02 Å². The fourth-order valence-electron chi connectivity index (χ4n) is 1.86. The Morgan fingerprint density at radius 3 is 2.60 bits per heavy atom. The van der Waals surface area contributed by atoms with E-state index in [0.717, 1.165) is 12.1 Å². The lowest BCUT2D eigenvalue weighted by molar-refractivity contribution is -0.137. The van der Waals surface area contributed by atoms with Gasteiger partial charge >= 0.3 is 6.18 Å². The van der Waals surface area contributed by atoms with Crippen LogP contribution in [0.3, 0.4) is 0 Å². The molecule has 7 heteroatoms. The molecule has 1 aromatic carbocycles. The number of hydrogen-bond acceptors (Lipinski definition) is 2. The second-order valence-electron chi connectivity index (χ2n) is 4.15. The maximum Gasteiger partial charge on any atom is 0.416 e. The third kappa shape index (κ3) is 2.22. The largest absolute Gasteiger partial charge is 0.416 e. The molecule has 0 bridgehead atoms. The molecular formula is C13H7ClF3N3. The van der Waals surface area contributed by atoms with Crippen LogP contribution < -0.4 is 0 Å². The SMILES string of the molecule is FC(F)(F)c1cc(Cl)c2nc(-c3ccccn3)[nH]c2c1. The molecule has 0 fully saturated rings. The maximum atomic E-state index is 12.7. The van der Waals surface area contributed by atoms with E-state index in [0.29, 0.717) is 17.0 Å². The van der Waals surface area contributed by atoms with E-state index in [4.69, 9.17) is 11.6 Å². The molecule has 0 saturated heterocycles. The van der Waals surface area contributed by atoms with Gasteiger partial charge in [-0.1, -0.05) is 17.7 Å². The minimum Gasteiger partial charge on any atom is -0.337 e. The van der Waals surface area contributed by atoms with E-state index >= 15 is 0 Å². The standard InChI is InChI=1S/C13H7ClF3N3/c14-8-5-7(13(15,16)17)6-10-11(8)20-12(19-10)9-3-1-2-4-18-9/h1-6H,(H,19,20). The van der Waals surface area contributed by atoms with Crippen LogP contribution in [-0.2, 0) is 6.18 Å². The van der Waals surface area contributed by atoms with Gasteiger partial charge in [-0.25, -0.2) is 4.98 Å². The molecule has 0 atom stereocenters. The molecule has 2 heterocycles. The van der Waals surface area contributed by atoms with E-state index in [-0.39, 0.29) is 10.5 Å². The molecule has 1 N–H and O–H groups in total. The summed E-state index contributed by atoms with van der Waals surface area (Å²) < 4.78 is 38.2. The minimum atomic E-state index is -4.45. The van der Waals surface area contributed by atoms with Gasteiger partial charge in [0.2, 0.25) is 0 Å². The number of imidazole rings is 1. The van der Waals surface area contributed by atoms with Gasteiger partial charge in [0.25, 0.3) is 0 Å². The van der Waals surface area contributed by atoms with Gasteiger partial charge in [0.05, 0.1) is 16.1 Å². The predicted octanol–water partition coefficient (Wildman–Crippen LogP) is 4.30. The monoisotopic (exact) mass is 297 g/mol. The number of aromatic nitrogens is 3. The molecule has 3 rings (SSSR count). The van der Waals surface area contributed by atoms with Crippen LogP contribution in [0.1, 0.15) is 5.56 Å². The quantitative estimate of drug-likeness (QED) is 0.727. The van der Waals surface area contributed by atoms with Crippen LogP contribution in [0.25, 0.3) is 22.6 Å². The first-order chi connectivity index (χ1) is 9.45. The summed E-state index contributed by atoms with van der Waals surface area (Å²) in [6, 6.07) is 7.06. The highest BCUT2D eigenvalue weighted by molar-refractivity contribution is 6.35. The van der Waals surface area contributed by atoms with Crippen molar-refractivity contribution >= 4 is 22.6 Å². The summed E-state index contributed by atoms with van der Waals surface area (Å²) in [4.78, 5) is 11.1. The maximum absolute atomic E-state index is 12.7. The molecule has 20 heavy (non-hydrogen) atoms. The Bertz CT molecular complexity index is 766. The van der Waals surface area contributed by atoms with Crippen molar-refractivity contribution < 1.29 is 13.2 Å². The van der Waals surface area contributed by atoms with Gasteiger partial charge in [0.15, 0.2) is 5.82 Å². The van der Waals surface area contributed by atoms with Crippen LogP contribution in [-0.4, -0.2) is 15.0 Å². The van der Waals surface area contributed by atoms with Crippen LogP contribution in [0.5, 0.6) is 0 Å². The van der Waals surface area contributed by atoms with Crippen LogP contribution in [0.15, 0.2) is 36.5 Å². The van der Waals surface area contributed by atoms with Crippen molar-refractivity contribution in [2.45, 2.75) is 6.18 Å². The van der Waals surface area contributed by atoms with Gasteiger partial charge in [-0.05, 0) is 24.3 Å². The lowest BCUT2D eigenvalue weighted by Crippen LogP contribution is -2.04. The predicted molar refractivity (Wildman–Crippen MR) is 69.3 cm³/mol. The highest BCUT2D eigenvalue weighted by Gasteiger charge is 2.31. The number of aromatic amines is 1. The van der Waals surface area contributed by atoms with Gasteiger partial charge in [-0.15, -0.1) is 0 Å². The zero-order chi connectivity index (χ0) is 14.3. The first-order valence-electron chi connectivity index (χ1n) is 5.63. The Balaban J connectivity index is 2.19. The normalized spacial score (nSPS) is 12.0. The van der Waals surface area contributed by atoms with Crippen LogP contribution in [0, 0.1) is 0 Å². The molecule has 0 unspecified atom stereocenters. The van der Waals surface area contributed by atoms with E-state index in [1.807, 2.05) is 0 Å². The summed E-state index contributed by atoms with van der Waals surface area (Å²) in [5.41, 5.74) is 0.241. The second kappa shape index (κ2) is 4.49. The Kier molecular flexibility index (Phi) is 2.90. The number of halogens is 4. The van der Waals surface area contributed by atoms with Crippen molar-refractivity contribution in [3.8, 4) is 11.5 Å². The van der Waals surface area contributed by atoms with E-state index in [1.165, 1.54) is 0 Å². The number of alkyl halides is 3. The van der Waals surface area contributed by atoms with Gasteiger partial charge in [-0.2, -0.15) is 13.2 Å². The summed E-state index contributed by atoms with van der Waals surface area (Å²) in [5.74, 6) is 0.377. The molecule has 0 aliphatic rings. The molecule has 0 saturated carbocycles. The number of nitrogens with zero attached hydrogens (tertiary/aromatic N) is 2. The van der Waals surface area contributed by atoms with Crippen molar-refractivity contribution in [2.24, 2.45) is 0 Å². The number of fused-ring (bicyclic) bond motifs is 1. The lowest BCUT2D eigenvalue weighted by Gasteiger charge is -2.06. The molecule has 0 amide bonds. The number of H-pyrrole nitrogens is 1. The number of hydrogen-bond donors (Lipinski definition) is 1. The smallest absolute Gasteiger partial charge is 0.337 e. The summed E-state index contributed by atoms with van der Waals surface area (Å²) in [5, 5.41) is -0.0479. The Morgan fingerprint density at radius 2 is 1.95 bits per heavy atom. The van der Waals surface area contributed by atoms with Gasteiger partial charge in [0, 0.05) is 6.20 Å². The first-order valence-corrected chi connectivity index (χ1v) is 6.01. The van der Waals surface area contributed by atoms with Crippen molar-refractivity contribution in [1.29, 1.82) is 0 Å². The Morgan fingerprint density at radius 1 is 1.15 bits per heavy atom. The number of rotatable bonds is 1. The molecule has 102 valence electrons. The lowest BCUT2D eigenvalue weighted by atomic mass is 10.2. The van der Waals surface area contributed by atoms with E-state index in [2.05, 4.69) is 15.0 Å². The second-order valence-corrected chi connectivity index (χ2v) is 4.56. The summed E-state index contributed by atoms with van der Waals surface area (Å²) in [6.07, 6.45) is -2.88.